The van der Waals surface area contributed by atoms with E-state index in [4.69, 9.17) is 0 Å². The molecule has 242 valence electrons. The van der Waals surface area contributed by atoms with Crippen molar-refractivity contribution in [2.24, 2.45) is 0 Å². The van der Waals surface area contributed by atoms with E-state index in [0.717, 1.165) is 30.3 Å². The van der Waals surface area contributed by atoms with Gasteiger partial charge in [-0.05, 0) is 58.4 Å². The second kappa shape index (κ2) is 11.0. The molecule has 0 unspecified atom stereocenters. The monoisotopic (exact) mass is 728 g/mol. The maximum atomic E-state index is 15.2. The number of hydrogen-bond acceptors (Lipinski definition) is 4. The normalized spacial score (nSPS) is 14.7. The van der Waals surface area contributed by atoms with Crippen LogP contribution in [0.4, 0.5) is 68.5 Å². The van der Waals surface area contributed by atoms with Gasteiger partial charge in [-0.3, -0.25) is 9.59 Å². The minimum atomic E-state index is -6.77. The fourth-order valence-electron chi connectivity index (χ4n) is 3.91. The van der Waals surface area contributed by atoms with Crippen LogP contribution in [0.15, 0.2) is 53.0 Å². The fourth-order valence-corrected chi connectivity index (χ4v) is 4.47. The zero-order chi connectivity index (χ0) is 33.9. The van der Waals surface area contributed by atoms with Crippen molar-refractivity contribution in [2.75, 3.05) is 10.6 Å². The van der Waals surface area contributed by atoms with E-state index in [1.807, 2.05) is 5.32 Å². The summed E-state index contributed by atoms with van der Waals surface area (Å²) in [5.41, 5.74) is -14.9. The number of anilines is 2. The summed E-state index contributed by atoms with van der Waals surface area (Å²) in [5, 5.41) is 3.48. The zero-order valence-electron chi connectivity index (χ0n) is 21.0. The van der Waals surface area contributed by atoms with Crippen molar-refractivity contribution in [3.8, 4) is 11.5 Å². The van der Waals surface area contributed by atoms with Crippen LogP contribution in [0, 0.1) is 5.82 Å². The molecule has 45 heavy (non-hydrogen) atoms. The summed E-state index contributed by atoms with van der Waals surface area (Å²) >= 11 is 2.30. The molecule has 0 bridgehead atoms. The number of hydrogen-bond donors (Lipinski definition) is 2. The lowest BCUT2D eigenvalue weighted by Gasteiger charge is -2.31. The number of benzene rings is 3. The van der Waals surface area contributed by atoms with Crippen LogP contribution in [0.3, 0.4) is 0 Å². The lowest BCUT2D eigenvalue weighted by atomic mass is 9.92. The minimum Gasteiger partial charge on any atom is -0.395 e. The Balaban J connectivity index is 1.67. The van der Waals surface area contributed by atoms with E-state index in [2.05, 4.69) is 25.4 Å². The van der Waals surface area contributed by atoms with Gasteiger partial charge in [-0.2, -0.15) is 39.5 Å². The van der Waals surface area contributed by atoms with Crippen molar-refractivity contribution in [3.63, 3.8) is 0 Å². The van der Waals surface area contributed by atoms with Gasteiger partial charge in [-0.15, -0.1) is 8.78 Å². The summed E-state index contributed by atoms with van der Waals surface area (Å²) in [7, 11) is 0. The molecule has 2 N–H and O–H groups in total. The van der Waals surface area contributed by atoms with Gasteiger partial charge < -0.3 is 20.1 Å². The Bertz CT molecular complexity index is 1670. The van der Waals surface area contributed by atoms with E-state index in [1.54, 1.807) is 0 Å². The first-order valence-electron chi connectivity index (χ1n) is 11.5. The predicted molar refractivity (Wildman–Crippen MR) is 129 cm³/mol. The SMILES string of the molecule is O=C(Nc1cccc(C(=O)Nc2c(Br)cc(C(F)(C(F)(F)F)C(F)(F)F)cc2C(F)(F)F)c1F)c1ccc2c(c1)OC(F)(F)O2. The highest BCUT2D eigenvalue weighted by Gasteiger charge is 2.73. The largest absolute Gasteiger partial charge is 0.586 e. The zero-order valence-corrected chi connectivity index (χ0v) is 22.6. The number of halogens is 14. The molecular formula is C25H10BrF13N2O4. The summed E-state index contributed by atoms with van der Waals surface area (Å²) in [6.07, 6.45) is -23.4. The molecule has 1 heterocycles. The molecule has 3 aromatic carbocycles. The molecule has 0 aromatic heterocycles. The van der Waals surface area contributed by atoms with Crippen molar-refractivity contribution >= 4 is 39.1 Å². The molecule has 0 radical (unpaired) electrons. The third kappa shape index (κ3) is 6.32. The number of amides is 2. The van der Waals surface area contributed by atoms with E-state index < -0.39 is 98.2 Å². The van der Waals surface area contributed by atoms with Crippen molar-refractivity contribution in [1.29, 1.82) is 0 Å². The maximum Gasteiger partial charge on any atom is 0.586 e. The number of ether oxygens (including phenoxy) is 2. The molecule has 0 saturated heterocycles. The van der Waals surface area contributed by atoms with Crippen molar-refractivity contribution < 1.29 is 76.1 Å². The molecule has 1 aliphatic rings. The molecule has 1 aliphatic heterocycles. The van der Waals surface area contributed by atoms with E-state index in [-0.39, 0.29) is 11.6 Å². The van der Waals surface area contributed by atoms with Crippen molar-refractivity contribution in [3.05, 3.63) is 81.1 Å². The third-order valence-corrected chi connectivity index (χ3v) is 6.59. The average Bonchev–Trinajstić information content (AvgIpc) is 3.21. The van der Waals surface area contributed by atoms with E-state index >= 15 is 4.39 Å². The van der Waals surface area contributed by atoms with Gasteiger partial charge in [0.25, 0.3) is 11.8 Å². The first kappa shape index (κ1) is 33.7. The predicted octanol–water partition coefficient (Wildman–Crippen LogP) is 8.72. The highest BCUT2D eigenvalue weighted by atomic mass is 79.9. The van der Waals surface area contributed by atoms with Crippen molar-refractivity contribution in [2.45, 2.75) is 30.5 Å². The van der Waals surface area contributed by atoms with Crippen LogP contribution in [0.5, 0.6) is 11.5 Å². The van der Waals surface area contributed by atoms with E-state index in [1.165, 1.54) is 5.32 Å². The topological polar surface area (TPSA) is 76.7 Å². The van der Waals surface area contributed by atoms with Gasteiger partial charge in [0.15, 0.2) is 17.3 Å². The maximum absolute atomic E-state index is 15.2. The Morgan fingerprint density at radius 2 is 1.36 bits per heavy atom. The number of alkyl halides is 12. The number of carbonyl (C=O) groups excluding carboxylic acids is 2. The Morgan fingerprint density at radius 1 is 0.756 bits per heavy atom. The lowest BCUT2D eigenvalue weighted by Crippen LogP contribution is -2.50. The standard InChI is InChI=1S/C25H10BrF13N2O4/c26-13-8-10(21(28,23(32,33)34)24(35,36)37)7-12(22(29,30)31)18(13)41-20(43)11-2-1-3-14(17(11)27)40-19(42)9-4-5-15-16(6-9)45-25(38,39)44-15/h1-8H,(H,40,42)(H,41,43). The quantitative estimate of drug-likeness (QED) is 0.258. The Kier molecular flexibility index (Phi) is 8.22. The minimum absolute atomic E-state index is 0.292. The molecule has 0 aliphatic carbocycles. The van der Waals surface area contributed by atoms with Crippen molar-refractivity contribution in [1.82, 2.24) is 0 Å². The molecule has 0 saturated carbocycles. The molecule has 0 spiro atoms. The molecular weight excluding hydrogens is 719 g/mol. The highest BCUT2D eigenvalue weighted by Crippen LogP contribution is 2.55. The van der Waals surface area contributed by atoms with Gasteiger partial charge in [0.2, 0.25) is 0 Å². The Hall–Kier alpha value is -4.23. The van der Waals surface area contributed by atoms with Crippen LogP contribution >= 0.6 is 15.9 Å². The van der Waals surface area contributed by atoms with Crippen LogP contribution in [0.2, 0.25) is 0 Å². The first-order valence-corrected chi connectivity index (χ1v) is 12.3. The van der Waals surface area contributed by atoms with E-state index in [0.29, 0.717) is 6.07 Å². The summed E-state index contributed by atoms with van der Waals surface area (Å²) in [5.74, 6) is -5.49. The molecule has 0 fully saturated rings. The third-order valence-electron chi connectivity index (χ3n) is 5.97. The summed E-state index contributed by atoms with van der Waals surface area (Å²) < 4.78 is 184. The summed E-state index contributed by atoms with van der Waals surface area (Å²) in [4.78, 5) is 25.3. The van der Waals surface area contributed by atoms with Gasteiger partial charge in [-0.1, -0.05) is 6.07 Å². The molecule has 2 amide bonds. The highest BCUT2D eigenvalue weighted by molar-refractivity contribution is 9.10. The first-order chi connectivity index (χ1) is 20.5. The Labute approximate surface area is 249 Å². The lowest BCUT2D eigenvalue weighted by molar-refractivity contribution is -0.348. The molecule has 20 heteroatoms. The second-order valence-corrected chi connectivity index (χ2v) is 9.79. The molecule has 3 aromatic rings. The number of rotatable bonds is 5. The summed E-state index contributed by atoms with van der Waals surface area (Å²) in [6.45, 7) is 0. The summed E-state index contributed by atoms with van der Waals surface area (Å²) in [6, 6.07) is 4.05. The molecule has 0 atom stereocenters. The van der Waals surface area contributed by atoms with Gasteiger partial charge in [0, 0.05) is 15.6 Å². The van der Waals surface area contributed by atoms with Crippen LogP contribution < -0.4 is 20.1 Å². The average molecular weight is 729 g/mol. The van der Waals surface area contributed by atoms with Gasteiger partial charge in [-0.25, -0.2) is 8.78 Å². The smallest absolute Gasteiger partial charge is 0.395 e. The number of fused-ring (bicyclic) bond motifs is 1. The molecule has 6 nitrogen and oxygen atoms in total. The molecule has 4 rings (SSSR count). The second-order valence-electron chi connectivity index (χ2n) is 8.94. The van der Waals surface area contributed by atoms with Crippen LogP contribution in [0.25, 0.3) is 0 Å². The van der Waals surface area contributed by atoms with Crippen LogP contribution in [0.1, 0.15) is 31.8 Å². The Morgan fingerprint density at radius 3 is 1.93 bits per heavy atom. The van der Waals surface area contributed by atoms with Gasteiger partial charge in [0.1, 0.15) is 0 Å². The van der Waals surface area contributed by atoms with Crippen LogP contribution in [-0.4, -0.2) is 30.5 Å². The van der Waals surface area contributed by atoms with Gasteiger partial charge in [0.05, 0.1) is 22.5 Å². The van der Waals surface area contributed by atoms with Crippen LogP contribution in [-0.2, 0) is 11.8 Å². The number of carbonyl (C=O) groups is 2. The van der Waals surface area contributed by atoms with Gasteiger partial charge >= 0.3 is 30.5 Å². The number of nitrogens with one attached hydrogen (secondary N) is 2. The fraction of sp³-hybridized carbons (Fsp3) is 0.200. The van der Waals surface area contributed by atoms with E-state index in [9.17, 15) is 62.3 Å².